The fraction of sp³-hybridized carbons (Fsp3) is 0.435. The molecule has 30 heavy (non-hydrogen) atoms. The van der Waals surface area contributed by atoms with Crippen LogP contribution in [0.4, 0.5) is 5.69 Å². The van der Waals surface area contributed by atoms with Crippen molar-refractivity contribution in [2.45, 2.75) is 52.1 Å². The number of amides is 1. The third-order valence-electron chi connectivity index (χ3n) is 5.64. The van der Waals surface area contributed by atoms with E-state index in [-0.39, 0.29) is 11.5 Å². The number of fused-ring (bicyclic) bond motifs is 3. The Labute approximate surface area is 180 Å². The summed E-state index contributed by atoms with van der Waals surface area (Å²) in [5, 5.41) is 3.66. The molecular weight excluding hydrogens is 396 g/mol. The molecule has 0 bridgehead atoms. The van der Waals surface area contributed by atoms with Crippen molar-refractivity contribution in [3.63, 3.8) is 0 Å². The number of anilines is 1. The standard InChI is InChI=1S/C23H28N4O2S/c1-14-9-11-16(12-10-14)24-21(28)15(2)27-19(13-26(3)4)25-22-20(23(27)29)17-7-5-6-8-18(17)30-22/h9-12,15H,5-8,13H2,1-4H3,(H,24,28). The number of hydrogen-bond donors (Lipinski definition) is 1. The Hall–Kier alpha value is -2.51. The molecule has 3 aromatic rings. The van der Waals surface area contributed by atoms with Crippen molar-refractivity contribution in [1.82, 2.24) is 14.5 Å². The average Bonchev–Trinajstić information content (AvgIpc) is 3.07. The highest BCUT2D eigenvalue weighted by Crippen LogP contribution is 2.34. The maximum atomic E-state index is 13.6. The first-order valence-electron chi connectivity index (χ1n) is 10.4. The molecule has 6 nitrogen and oxygen atoms in total. The minimum atomic E-state index is -0.662. The molecule has 0 spiro atoms. The van der Waals surface area contributed by atoms with Gasteiger partial charge in [0.2, 0.25) is 5.91 Å². The highest BCUT2D eigenvalue weighted by molar-refractivity contribution is 7.18. The summed E-state index contributed by atoms with van der Waals surface area (Å²) in [6.07, 6.45) is 4.20. The number of thiophene rings is 1. The van der Waals surface area contributed by atoms with Crippen LogP contribution in [0.3, 0.4) is 0 Å². The zero-order valence-electron chi connectivity index (χ0n) is 18.0. The highest BCUT2D eigenvalue weighted by atomic mass is 32.1. The lowest BCUT2D eigenvalue weighted by Gasteiger charge is -2.21. The lowest BCUT2D eigenvalue weighted by molar-refractivity contribution is -0.119. The Morgan fingerprint density at radius 3 is 2.63 bits per heavy atom. The summed E-state index contributed by atoms with van der Waals surface area (Å²) in [6.45, 7) is 4.27. The molecule has 2 heterocycles. The van der Waals surface area contributed by atoms with Gasteiger partial charge in [-0.3, -0.25) is 14.2 Å². The van der Waals surface area contributed by atoms with Gasteiger partial charge in [-0.15, -0.1) is 11.3 Å². The Bertz CT molecular complexity index is 1140. The first-order valence-corrected chi connectivity index (χ1v) is 11.2. The van der Waals surface area contributed by atoms with Crippen LogP contribution in [0, 0.1) is 6.92 Å². The summed E-state index contributed by atoms with van der Waals surface area (Å²) in [6, 6.07) is 7.00. The number of rotatable bonds is 5. The SMILES string of the molecule is Cc1ccc(NC(=O)C(C)n2c(CN(C)C)nc3sc4c(c3c2=O)CCCC4)cc1. The fourth-order valence-electron chi connectivity index (χ4n) is 4.05. The summed E-state index contributed by atoms with van der Waals surface area (Å²) in [4.78, 5) is 35.6. The number of nitrogens with one attached hydrogen (secondary N) is 1. The molecule has 0 fully saturated rings. The second-order valence-corrected chi connectivity index (χ2v) is 9.45. The summed E-state index contributed by atoms with van der Waals surface area (Å²) >= 11 is 1.64. The van der Waals surface area contributed by atoms with Crippen LogP contribution >= 0.6 is 11.3 Å². The molecule has 158 valence electrons. The van der Waals surface area contributed by atoms with Crippen molar-refractivity contribution in [2.75, 3.05) is 19.4 Å². The molecule has 0 saturated heterocycles. The molecule has 1 amide bonds. The van der Waals surface area contributed by atoms with Crippen LogP contribution in [0.5, 0.6) is 0 Å². The van der Waals surface area contributed by atoms with E-state index < -0.39 is 6.04 Å². The smallest absolute Gasteiger partial charge is 0.263 e. The maximum absolute atomic E-state index is 13.6. The van der Waals surface area contributed by atoms with Crippen molar-refractivity contribution < 1.29 is 4.79 Å². The molecule has 1 unspecified atom stereocenters. The van der Waals surface area contributed by atoms with Crippen LogP contribution in [0.25, 0.3) is 10.2 Å². The quantitative estimate of drug-likeness (QED) is 0.674. The monoisotopic (exact) mass is 424 g/mol. The first-order chi connectivity index (χ1) is 14.3. The van der Waals surface area contributed by atoms with E-state index in [0.29, 0.717) is 17.8 Å². The molecule has 4 rings (SSSR count). The summed E-state index contributed by atoms with van der Waals surface area (Å²) in [5.74, 6) is 0.411. The van der Waals surface area contributed by atoms with Crippen LogP contribution in [0.2, 0.25) is 0 Å². The number of benzene rings is 1. The Morgan fingerprint density at radius 1 is 1.23 bits per heavy atom. The molecule has 1 aliphatic rings. The number of carbonyl (C=O) groups excluding carboxylic acids is 1. The van der Waals surface area contributed by atoms with E-state index >= 15 is 0 Å². The Kier molecular flexibility index (Phi) is 5.75. The predicted octanol–water partition coefficient (Wildman–Crippen LogP) is 3.91. The van der Waals surface area contributed by atoms with E-state index in [2.05, 4.69) is 5.32 Å². The molecule has 1 aromatic carbocycles. The van der Waals surface area contributed by atoms with Crippen LogP contribution < -0.4 is 10.9 Å². The van der Waals surface area contributed by atoms with Crippen molar-refractivity contribution in [3.8, 4) is 0 Å². The van der Waals surface area contributed by atoms with E-state index in [1.807, 2.05) is 50.2 Å². The van der Waals surface area contributed by atoms with Gasteiger partial charge < -0.3 is 10.2 Å². The van der Waals surface area contributed by atoms with Gasteiger partial charge in [0.15, 0.2) is 0 Å². The zero-order chi connectivity index (χ0) is 21.4. The lowest BCUT2D eigenvalue weighted by atomic mass is 9.97. The summed E-state index contributed by atoms with van der Waals surface area (Å²) in [7, 11) is 3.88. The third-order valence-corrected chi connectivity index (χ3v) is 6.82. The second-order valence-electron chi connectivity index (χ2n) is 8.36. The molecule has 0 aliphatic heterocycles. The second kappa shape index (κ2) is 8.32. The van der Waals surface area contributed by atoms with Gasteiger partial charge in [-0.05, 0) is 71.3 Å². The van der Waals surface area contributed by atoms with Gasteiger partial charge in [-0.2, -0.15) is 0 Å². The number of hydrogen-bond acceptors (Lipinski definition) is 5. The minimum absolute atomic E-state index is 0.0946. The van der Waals surface area contributed by atoms with Crippen molar-refractivity contribution >= 4 is 33.1 Å². The lowest BCUT2D eigenvalue weighted by Crippen LogP contribution is -2.36. The fourth-order valence-corrected chi connectivity index (χ4v) is 5.32. The average molecular weight is 425 g/mol. The third kappa shape index (κ3) is 3.91. The van der Waals surface area contributed by atoms with E-state index in [0.717, 1.165) is 47.3 Å². The Morgan fingerprint density at radius 2 is 1.93 bits per heavy atom. The molecule has 1 atom stereocenters. The number of nitrogens with zero attached hydrogens (tertiary/aromatic N) is 3. The normalized spacial score (nSPS) is 14.7. The van der Waals surface area contributed by atoms with Crippen LogP contribution in [0.15, 0.2) is 29.1 Å². The molecule has 1 aliphatic carbocycles. The molecule has 7 heteroatoms. The molecule has 2 aromatic heterocycles. The minimum Gasteiger partial charge on any atom is -0.324 e. The van der Waals surface area contributed by atoms with Gasteiger partial charge in [0.05, 0.1) is 11.9 Å². The molecular formula is C23H28N4O2S. The van der Waals surface area contributed by atoms with Gasteiger partial charge in [-0.25, -0.2) is 4.98 Å². The zero-order valence-corrected chi connectivity index (χ0v) is 18.8. The van der Waals surface area contributed by atoms with Gasteiger partial charge in [0.1, 0.15) is 16.7 Å². The summed E-state index contributed by atoms with van der Waals surface area (Å²) in [5.41, 5.74) is 2.90. The number of carbonyl (C=O) groups is 1. The molecule has 0 radical (unpaired) electrons. The van der Waals surface area contributed by atoms with Gasteiger partial charge in [0.25, 0.3) is 5.56 Å². The highest BCUT2D eigenvalue weighted by Gasteiger charge is 2.26. The van der Waals surface area contributed by atoms with Crippen LogP contribution in [-0.4, -0.2) is 34.5 Å². The number of aryl methyl sites for hydroxylation is 3. The van der Waals surface area contributed by atoms with E-state index in [1.165, 1.54) is 4.88 Å². The van der Waals surface area contributed by atoms with Gasteiger partial charge >= 0.3 is 0 Å². The first kappa shape index (κ1) is 20.8. The van der Waals surface area contributed by atoms with E-state index in [9.17, 15) is 9.59 Å². The molecule has 0 saturated carbocycles. The van der Waals surface area contributed by atoms with E-state index in [1.54, 1.807) is 22.8 Å². The van der Waals surface area contributed by atoms with Crippen molar-refractivity contribution in [1.29, 1.82) is 0 Å². The van der Waals surface area contributed by atoms with Crippen molar-refractivity contribution in [2.24, 2.45) is 0 Å². The largest absolute Gasteiger partial charge is 0.324 e. The summed E-state index contributed by atoms with van der Waals surface area (Å²) < 4.78 is 1.59. The van der Waals surface area contributed by atoms with E-state index in [4.69, 9.17) is 4.98 Å². The van der Waals surface area contributed by atoms with Gasteiger partial charge in [-0.1, -0.05) is 17.7 Å². The maximum Gasteiger partial charge on any atom is 0.263 e. The Balaban J connectivity index is 1.78. The topological polar surface area (TPSA) is 67.2 Å². The number of aromatic nitrogens is 2. The van der Waals surface area contributed by atoms with Gasteiger partial charge in [0, 0.05) is 10.6 Å². The van der Waals surface area contributed by atoms with Crippen LogP contribution in [-0.2, 0) is 24.2 Å². The predicted molar refractivity (Wildman–Crippen MR) is 122 cm³/mol. The van der Waals surface area contributed by atoms with Crippen molar-refractivity contribution in [3.05, 3.63) is 56.4 Å². The molecule has 1 N–H and O–H groups in total. The van der Waals surface area contributed by atoms with Crippen LogP contribution in [0.1, 0.15) is 47.6 Å².